The molecule has 0 spiro atoms. The van der Waals surface area contributed by atoms with Gasteiger partial charge in [0.05, 0.1) is 12.3 Å². The molecule has 0 amide bonds. The highest BCUT2D eigenvalue weighted by Crippen LogP contribution is 2.20. The van der Waals surface area contributed by atoms with Crippen molar-refractivity contribution in [2.24, 2.45) is 0 Å². The van der Waals surface area contributed by atoms with E-state index >= 15 is 0 Å². The molecule has 0 bridgehead atoms. The van der Waals surface area contributed by atoms with E-state index in [1.165, 1.54) is 11.1 Å². The van der Waals surface area contributed by atoms with E-state index in [2.05, 4.69) is 41.4 Å². The van der Waals surface area contributed by atoms with Gasteiger partial charge < -0.3 is 0 Å². The van der Waals surface area contributed by atoms with Crippen LogP contribution in [0.4, 0.5) is 0 Å². The lowest BCUT2D eigenvalue weighted by Crippen LogP contribution is -2.04. The third kappa shape index (κ3) is 4.29. The van der Waals surface area contributed by atoms with Crippen LogP contribution in [0.5, 0.6) is 0 Å². The van der Waals surface area contributed by atoms with Crippen LogP contribution in [0.3, 0.4) is 0 Å². The zero-order valence-corrected chi connectivity index (χ0v) is 15.7. The Labute approximate surface area is 156 Å². The summed E-state index contributed by atoms with van der Waals surface area (Å²) in [5.41, 5.74) is 3.84. The van der Waals surface area contributed by atoms with Gasteiger partial charge in [-0.3, -0.25) is 9.67 Å². The highest BCUT2D eigenvalue weighted by atomic mass is 35.5. The lowest BCUT2D eigenvalue weighted by molar-refractivity contribution is 0.746. The second-order valence-electron chi connectivity index (χ2n) is 5.58. The van der Waals surface area contributed by atoms with Crippen molar-refractivity contribution in [3.05, 3.63) is 80.8 Å². The number of aromatic nitrogens is 3. The van der Waals surface area contributed by atoms with E-state index in [9.17, 15) is 0 Å². The first-order valence-electron chi connectivity index (χ1n) is 7.64. The van der Waals surface area contributed by atoms with Crippen LogP contribution < -0.4 is 0 Å². The number of aryl methyl sites for hydroxylation is 1. The summed E-state index contributed by atoms with van der Waals surface area (Å²) >= 11 is 13.2. The van der Waals surface area contributed by atoms with E-state index in [1.54, 1.807) is 0 Å². The van der Waals surface area contributed by atoms with E-state index in [0.29, 0.717) is 11.3 Å². The first-order valence-corrected chi connectivity index (χ1v) is 9.58. The van der Waals surface area contributed by atoms with Gasteiger partial charge in [0.25, 0.3) is 0 Å². The topological polar surface area (TPSA) is 33.6 Å². The lowest BCUT2D eigenvalue weighted by Gasteiger charge is -2.08. The van der Waals surface area contributed by atoms with Crippen LogP contribution in [-0.4, -0.2) is 14.8 Å². The Morgan fingerprint density at radius 1 is 1.12 bits per heavy atom. The van der Waals surface area contributed by atoms with Crippen LogP contribution in [0.1, 0.15) is 22.5 Å². The summed E-state index contributed by atoms with van der Waals surface area (Å²) in [6, 6.07) is 16.3. The largest absolute Gasteiger partial charge is 0.299 e. The monoisotopic (exact) mass is 375 g/mol. The number of H-pyrrole nitrogens is 1. The first kappa shape index (κ1) is 17.3. The van der Waals surface area contributed by atoms with Gasteiger partial charge >= 0.3 is 0 Å². The smallest absolute Gasteiger partial charge is 0.195 e. The number of rotatable bonds is 6. The third-order valence-electron chi connectivity index (χ3n) is 3.84. The Kier molecular flexibility index (Phi) is 5.76. The van der Waals surface area contributed by atoms with Crippen molar-refractivity contribution >= 4 is 35.6 Å². The van der Waals surface area contributed by atoms with Gasteiger partial charge in [-0.15, -0.1) is 11.8 Å². The van der Waals surface area contributed by atoms with Gasteiger partial charge in [-0.05, 0) is 48.0 Å². The number of aromatic amines is 1. The molecule has 1 aromatic heterocycles. The van der Waals surface area contributed by atoms with Crippen molar-refractivity contribution in [1.82, 2.24) is 14.8 Å². The van der Waals surface area contributed by atoms with E-state index in [1.807, 2.05) is 40.6 Å². The molecule has 0 fully saturated rings. The van der Waals surface area contributed by atoms with Crippen LogP contribution in [0.2, 0.25) is 5.02 Å². The minimum atomic E-state index is 0.649. The molecule has 0 saturated carbocycles. The van der Waals surface area contributed by atoms with Gasteiger partial charge in [0.2, 0.25) is 0 Å². The molecule has 3 nitrogen and oxygen atoms in total. The number of halogens is 1. The molecule has 3 rings (SSSR count). The molecular formula is C18H18ClN3S2. The molecule has 0 atom stereocenters. The van der Waals surface area contributed by atoms with Crippen molar-refractivity contribution in [1.29, 1.82) is 0 Å². The van der Waals surface area contributed by atoms with Crippen molar-refractivity contribution in [3.63, 3.8) is 0 Å². The van der Waals surface area contributed by atoms with Gasteiger partial charge in [-0.2, -0.15) is 5.10 Å². The fraction of sp³-hybridized carbons (Fsp3) is 0.222. The maximum Gasteiger partial charge on any atom is 0.195 e. The molecule has 2 aromatic carbocycles. The van der Waals surface area contributed by atoms with Crippen molar-refractivity contribution in [3.8, 4) is 0 Å². The zero-order valence-electron chi connectivity index (χ0n) is 13.3. The highest BCUT2D eigenvalue weighted by Gasteiger charge is 2.08. The van der Waals surface area contributed by atoms with Gasteiger partial charge in [0.15, 0.2) is 4.77 Å². The molecular weight excluding hydrogens is 358 g/mol. The number of hydrogen-bond acceptors (Lipinski definition) is 3. The molecule has 24 heavy (non-hydrogen) atoms. The average Bonchev–Trinajstić information content (AvgIpc) is 2.92. The minimum Gasteiger partial charge on any atom is -0.299 e. The molecule has 1 heterocycles. The molecule has 0 aliphatic heterocycles. The summed E-state index contributed by atoms with van der Waals surface area (Å²) in [4.78, 5) is 0. The molecule has 1 N–H and O–H groups in total. The highest BCUT2D eigenvalue weighted by molar-refractivity contribution is 7.97. The fourth-order valence-electron chi connectivity index (χ4n) is 2.42. The van der Waals surface area contributed by atoms with Crippen LogP contribution in [0, 0.1) is 11.7 Å². The van der Waals surface area contributed by atoms with Crippen molar-refractivity contribution in [2.75, 3.05) is 0 Å². The number of nitrogens with zero attached hydrogens (tertiary/aromatic N) is 2. The molecule has 0 radical (unpaired) electrons. The third-order valence-corrected chi connectivity index (χ3v) is 5.38. The Morgan fingerprint density at radius 3 is 2.62 bits per heavy atom. The first-order chi connectivity index (χ1) is 11.6. The Morgan fingerprint density at radius 2 is 1.88 bits per heavy atom. The molecule has 0 unspecified atom stereocenters. The molecule has 0 aliphatic carbocycles. The fourth-order valence-corrected chi connectivity index (χ4v) is 3.81. The summed E-state index contributed by atoms with van der Waals surface area (Å²) in [5, 5.41) is 8.03. The SMILES string of the molecule is Cc1ccccc1CSCc1n[nH]c(=S)n1Cc1ccc(Cl)cc1. The van der Waals surface area contributed by atoms with E-state index < -0.39 is 0 Å². The van der Waals surface area contributed by atoms with Gasteiger partial charge in [-0.1, -0.05) is 48.0 Å². The van der Waals surface area contributed by atoms with Gasteiger partial charge in [-0.25, -0.2) is 0 Å². The zero-order chi connectivity index (χ0) is 16.9. The summed E-state index contributed by atoms with van der Waals surface area (Å²) in [5.74, 6) is 2.75. The van der Waals surface area contributed by atoms with E-state index in [-0.39, 0.29) is 0 Å². The summed E-state index contributed by atoms with van der Waals surface area (Å²) < 4.78 is 2.69. The molecule has 0 aliphatic rings. The lowest BCUT2D eigenvalue weighted by atomic mass is 10.1. The number of nitrogens with one attached hydrogen (secondary N) is 1. The van der Waals surface area contributed by atoms with Crippen LogP contribution in [0.15, 0.2) is 48.5 Å². The molecule has 3 aromatic rings. The van der Waals surface area contributed by atoms with Gasteiger partial charge in [0, 0.05) is 10.8 Å². The normalized spacial score (nSPS) is 10.9. The quantitative estimate of drug-likeness (QED) is 0.587. The molecule has 124 valence electrons. The summed E-state index contributed by atoms with van der Waals surface area (Å²) in [7, 11) is 0. The number of hydrogen-bond donors (Lipinski definition) is 1. The van der Waals surface area contributed by atoms with Gasteiger partial charge in [0.1, 0.15) is 5.82 Å². The molecule has 6 heteroatoms. The summed E-state index contributed by atoms with van der Waals surface area (Å²) in [6.07, 6.45) is 0. The predicted octanol–water partition coefficient (Wildman–Crippen LogP) is 5.38. The second-order valence-corrected chi connectivity index (χ2v) is 7.39. The van der Waals surface area contributed by atoms with Crippen LogP contribution in [-0.2, 0) is 18.1 Å². The maximum absolute atomic E-state index is 5.95. The van der Waals surface area contributed by atoms with E-state index in [0.717, 1.165) is 27.9 Å². The summed E-state index contributed by atoms with van der Waals surface area (Å²) in [6.45, 7) is 2.85. The number of thioether (sulfide) groups is 1. The van der Waals surface area contributed by atoms with Crippen LogP contribution >= 0.6 is 35.6 Å². The van der Waals surface area contributed by atoms with Crippen molar-refractivity contribution in [2.45, 2.75) is 25.0 Å². The Hall–Kier alpha value is -1.56. The standard InChI is InChI=1S/C18H18ClN3S2/c1-13-4-2-3-5-15(13)11-24-12-17-20-21-18(23)22(17)10-14-6-8-16(19)9-7-14/h2-9H,10-12H2,1H3,(H,21,23). The van der Waals surface area contributed by atoms with Crippen molar-refractivity contribution < 1.29 is 0 Å². The van der Waals surface area contributed by atoms with Crippen LogP contribution in [0.25, 0.3) is 0 Å². The minimum absolute atomic E-state index is 0.649. The molecule has 0 saturated heterocycles. The Bertz CT molecular complexity index is 868. The maximum atomic E-state index is 5.95. The number of benzene rings is 2. The van der Waals surface area contributed by atoms with E-state index in [4.69, 9.17) is 23.8 Å². The predicted molar refractivity (Wildman–Crippen MR) is 104 cm³/mol. The average molecular weight is 376 g/mol. The second kappa shape index (κ2) is 8.01. The Balaban J connectivity index is 1.67.